The third-order valence-electron chi connectivity index (χ3n) is 5.57. The van der Waals surface area contributed by atoms with Crippen molar-refractivity contribution in [1.29, 1.82) is 0 Å². The van der Waals surface area contributed by atoms with Crippen LogP contribution >= 0.6 is 11.6 Å². The van der Waals surface area contributed by atoms with Gasteiger partial charge in [-0.3, -0.25) is 9.69 Å². The maximum absolute atomic E-state index is 12.5. The molecule has 1 aromatic heterocycles. The molecular formula is C20H23ClN2O2. The van der Waals surface area contributed by atoms with Crippen molar-refractivity contribution in [2.45, 2.75) is 32.4 Å². The quantitative estimate of drug-likeness (QED) is 0.830. The monoisotopic (exact) mass is 358 g/mol. The lowest BCUT2D eigenvalue weighted by molar-refractivity contribution is -0.128. The summed E-state index contributed by atoms with van der Waals surface area (Å²) in [6.45, 7) is 4.49. The molecule has 0 aliphatic carbocycles. The summed E-state index contributed by atoms with van der Waals surface area (Å²) in [7, 11) is 0. The van der Waals surface area contributed by atoms with Crippen LogP contribution < -0.4 is 0 Å². The number of amides is 1. The maximum atomic E-state index is 12.5. The van der Waals surface area contributed by atoms with E-state index in [1.165, 1.54) is 0 Å². The van der Waals surface area contributed by atoms with Gasteiger partial charge in [0.15, 0.2) is 0 Å². The fourth-order valence-electron chi connectivity index (χ4n) is 4.08. The van der Waals surface area contributed by atoms with Gasteiger partial charge in [0.05, 0.1) is 12.8 Å². The van der Waals surface area contributed by atoms with Crippen molar-refractivity contribution in [1.82, 2.24) is 9.80 Å². The first-order valence-corrected chi connectivity index (χ1v) is 9.27. The molecule has 4 nitrogen and oxygen atoms in total. The molecule has 1 amide bonds. The van der Waals surface area contributed by atoms with Crippen LogP contribution in [0.4, 0.5) is 0 Å². The number of furan rings is 1. The lowest BCUT2D eigenvalue weighted by atomic mass is 9.77. The molecule has 132 valence electrons. The Morgan fingerprint density at radius 3 is 2.52 bits per heavy atom. The zero-order chi connectivity index (χ0) is 17.3. The molecule has 3 heterocycles. The molecule has 5 heteroatoms. The fourth-order valence-corrected chi connectivity index (χ4v) is 4.21. The van der Waals surface area contributed by atoms with E-state index in [4.69, 9.17) is 16.0 Å². The van der Waals surface area contributed by atoms with Gasteiger partial charge in [-0.05, 0) is 61.2 Å². The van der Waals surface area contributed by atoms with Gasteiger partial charge in [0, 0.05) is 24.5 Å². The summed E-state index contributed by atoms with van der Waals surface area (Å²) in [6.07, 6.45) is 4.58. The Balaban J connectivity index is 1.34. The lowest BCUT2D eigenvalue weighted by Gasteiger charge is -2.38. The molecule has 0 unspecified atom stereocenters. The van der Waals surface area contributed by atoms with E-state index in [9.17, 15) is 4.79 Å². The molecular weight excluding hydrogens is 336 g/mol. The Hall–Kier alpha value is -1.78. The van der Waals surface area contributed by atoms with Crippen LogP contribution in [0.1, 0.15) is 30.6 Å². The molecule has 4 rings (SSSR count). The molecule has 1 aromatic carbocycles. The average Bonchev–Trinajstić information content (AvgIpc) is 3.21. The van der Waals surface area contributed by atoms with E-state index in [0.29, 0.717) is 13.0 Å². The molecule has 0 bridgehead atoms. The first-order valence-electron chi connectivity index (χ1n) is 8.89. The van der Waals surface area contributed by atoms with Crippen molar-refractivity contribution in [2.75, 3.05) is 19.6 Å². The Morgan fingerprint density at radius 1 is 1.08 bits per heavy atom. The number of carbonyl (C=O) groups excluding carboxylic acids is 1. The zero-order valence-electron chi connectivity index (χ0n) is 14.3. The van der Waals surface area contributed by atoms with E-state index in [1.807, 2.05) is 41.3 Å². The van der Waals surface area contributed by atoms with E-state index in [1.54, 1.807) is 6.26 Å². The SMILES string of the molecule is O=C1CC2(CCN(Cc3ccco3)CC2)CN1Cc1ccc(Cl)cc1. The molecule has 2 saturated heterocycles. The lowest BCUT2D eigenvalue weighted by Crippen LogP contribution is -2.41. The second kappa shape index (κ2) is 6.85. The van der Waals surface area contributed by atoms with Gasteiger partial charge in [-0.15, -0.1) is 0 Å². The summed E-state index contributed by atoms with van der Waals surface area (Å²) >= 11 is 5.95. The van der Waals surface area contributed by atoms with Crippen LogP contribution in [0, 0.1) is 5.41 Å². The summed E-state index contributed by atoms with van der Waals surface area (Å²) in [6, 6.07) is 11.8. The number of carbonyl (C=O) groups is 1. The van der Waals surface area contributed by atoms with Crippen LogP contribution in [0.25, 0.3) is 0 Å². The smallest absolute Gasteiger partial charge is 0.223 e. The second-order valence-corrected chi connectivity index (χ2v) is 7.84. The molecule has 0 saturated carbocycles. The normalized spacial score (nSPS) is 20.5. The van der Waals surface area contributed by atoms with Crippen LogP contribution in [-0.2, 0) is 17.9 Å². The topological polar surface area (TPSA) is 36.7 Å². The summed E-state index contributed by atoms with van der Waals surface area (Å²) in [4.78, 5) is 17.0. The Labute approximate surface area is 153 Å². The Morgan fingerprint density at radius 2 is 1.84 bits per heavy atom. The number of hydrogen-bond donors (Lipinski definition) is 0. The molecule has 2 aliphatic heterocycles. The van der Waals surface area contributed by atoms with Crippen LogP contribution in [0.5, 0.6) is 0 Å². The van der Waals surface area contributed by atoms with Crippen molar-refractivity contribution in [3.05, 3.63) is 59.0 Å². The van der Waals surface area contributed by atoms with E-state index >= 15 is 0 Å². The van der Waals surface area contributed by atoms with Gasteiger partial charge < -0.3 is 9.32 Å². The molecule has 0 N–H and O–H groups in total. The third kappa shape index (κ3) is 3.75. The van der Waals surface area contributed by atoms with Crippen molar-refractivity contribution in [2.24, 2.45) is 5.41 Å². The zero-order valence-corrected chi connectivity index (χ0v) is 15.0. The maximum Gasteiger partial charge on any atom is 0.223 e. The molecule has 2 fully saturated rings. The van der Waals surface area contributed by atoms with E-state index < -0.39 is 0 Å². The Kier molecular flexibility index (Phi) is 4.57. The summed E-state index contributed by atoms with van der Waals surface area (Å²) < 4.78 is 5.45. The van der Waals surface area contributed by atoms with E-state index in [0.717, 1.165) is 55.4 Å². The molecule has 0 radical (unpaired) electrons. The number of benzene rings is 1. The molecule has 25 heavy (non-hydrogen) atoms. The highest BCUT2D eigenvalue weighted by Crippen LogP contribution is 2.41. The van der Waals surface area contributed by atoms with Gasteiger partial charge in [0.1, 0.15) is 5.76 Å². The van der Waals surface area contributed by atoms with Crippen LogP contribution in [0.15, 0.2) is 47.1 Å². The minimum Gasteiger partial charge on any atom is -0.468 e. The van der Waals surface area contributed by atoms with Crippen LogP contribution in [0.3, 0.4) is 0 Å². The van der Waals surface area contributed by atoms with Crippen molar-refractivity contribution < 1.29 is 9.21 Å². The largest absolute Gasteiger partial charge is 0.468 e. The summed E-state index contributed by atoms with van der Waals surface area (Å²) in [5, 5.41) is 0.733. The average molecular weight is 359 g/mol. The predicted molar refractivity (Wildman–Crippen MR) is 97.1 cm³/mol. The Bertz CT molecular complexity index is 719. The minimum atomic E-state index is 0.156. The number of hydrogen-bond acceptors (Lipinski definition) is 3. The van der Waals surface area contributed by atoms with Gasteiger partial charge in [0.25, 0.3) is 0 Å². The van der Waals surface area contributed by atoms with Gasteiger partial charge in [0.2, 0.25) is 5.91 Å². The van der Waals surface area contributed by atoms with Gasteiger partial charge in [-0.1, -0.05) is 23.7 Å². The van der Waals surface area contributed by atoms with Crippen molar-refractivity contribution in [3.8, 4) is 0 Å². The number of piperidine rings is 1. The van der Waals surface area contributed by atoms with Crippen molar-refractivity contribution >= 4 is 17.5 Å². The van der Waals surface area contributed by atoms with Crippen LogP contribution in [0.2, 0.25) is 5.02 Å². The molecule has 0 atom stereocenters. The first-order chi connectivity index (χ1) is 12.1. The summed E-state index contributed by atoms with van der Waals surface area (Å²) in [5.41, 5.74) is 1.30. The van der Waals surface area contributed by atoms with E-state index in [2.05, 4.69) is 4.90 Å². The molecule has 2 aliphatic rings. The highest BCUT2D eigenvalue weighted by molar-refractivity contribution is 6.30. The molecule has 1 spiro atoms. The number of nitrogens with zero attached hydrogens (tertiary/aromatic N) is 2. The highest BCUT2D eigenvalue weighted by Gasteiger charge is 2.44. The first kappa shape index (κ1) is 16.7. The van der Waals surface area contributed by atoms with Gasteiger partial charge in [-0.2, -0.15) is 0 Å². The fraction of sp³-hybridized carbons (Fsp3) is 0.450. The number of halogens is 1. The van der Waals surface area contributed by atoms with Gasteiger partial charge in [-0.25, -0.2) is 0 Å². The second-order valence-electron chi connectivity index (χ2n) is 7.41. The van der Waals surface area contributed by atoms with Gasteiger partial charge >= 0.3 is 0 Å². The highest BCUT2D eigenvalue weighted by atomic mass is 35.5. The predicted octanol–water partition coefficient (Wildman–Crippen LogP) is 3.95. The number of likely N-dealkylation sites (tertiary alicyclic amines) is 2. The third-order valence-corrected chi connectivity index (χ3v) is 5.82. The van der Waals surface area contributed by atoms with Crippen LogP contribution in [-0.4, -0.2) is 35.3 Å². The summed E-state index contributed by atoms with van der Waals surface area (Å²) in [5.74, 6) is 1.30. The standard InChI is InChI=1S/C20H23ClN2O2/c21-17-5-3-16(4-6-17)13-23-15-20(12-19(23)24)7-9-22(10-8-20)14-18-2-1-11-25-18/h1-6,11H,7-10,12-15H2. The minimum absolute atomic E-state index is 0.156. The molecule has 2 aromatic rings. The van der Waals surface area contributed by atoms with Crippen molar-refractivity contribution in [3.63, 3.8) is 0 Å². The number of rotatable bonds is 4. The van der Waals surface area contributed by atoms with E-state index in [-0.39, 0.29) is 11.3 Å².